The Labute approximate surface area is 159 Å². The molecule has 4 rings (SSSR count). The molecule has 0 bridgehead atoms. The Bertz CT molecular complexity index is 1180. The molecule has 144 valence electrons. The molecule has 1 aliphatic heterocycles. The van der Waals surface area contributed by atoms with Crippen molar-refractivity contribution in [3.8, 4) is 34.3 Å². The summed E-state index contributed by atoms with van der Waals surface area (Å²) in [5, 5.41) is 10.5. The van der Waals surface area contributed by atoms with Gasteiger partial charge in [-0.25, -0.2) is 4.79 Å². The number of hydrogen-bond donors (Lipinski definition) is 1. The largest absolute Gasteiger partial charge is 0.493 e. The van der Waals surface area contributed by atoms with Gasteiger partial charge in [-0.3, -0.25) is 4.79 Å². The van der Waals surface area contributed by atoms with Gasteiger partial charge in [-0.05, 0) is 30.3 Å². The van der Waals surface area contributed by atoms with Gasteiger partial charge in [0, 0.05) is 18.0 Å². The van der Waals surface area contributed by atoms with Crippen molar-refractivity contribution in [2.24, 2.45) is 7.05 Å². The second kappa shape index (κ2) is 6.49. The van der Waals surface area contributed by atoms with Gasteiger partial charge >= 0.3 is 5.97 Å². The fraction of sp³-hybridized carbons (Fsp3) is 0.200. The number of pyridine rings is 1. The van der Waals surface area contributed by atoms with Crippen molar-refractivity contribution < 1.29 is 28.8 Å². The third kappa shape index (κ3) is 2.53. The number of aromatic carboxylic acids is 1. The number of benzene rings is 2. The maximum atomic E-state index is 13.0. The minimum Gasteiger partial charge on any atom is -0.493 e. The van der Waals surface area contributed by atoms with Gasteiger partial charge < -0.3 is 28.6 Å². The number of aromatic nitrogens is 1. The van der Waals surface area contributed by atoms with Gasteiger partial charge in [0.05, 0.1) is 30.9 Å². The molecule has 2 aromatic carbocycles. The number of carbonyl (C=O) groups is 1. The van der Waals surface area contributed by atoms with Crippen LogP contribution in [0, 0.1) is 0 Å². The van der Waals surface area contributed by atoms with Crippen molar-refractivity contribution in [3.63, 3.8) is 0 Å². The first-order valence-corrected chi connectivity index (χ1v) is 8.38. The standard InChI is InChI=1S/C20H17NO7/c1-21-18(10-4-5-13-16(6-10)28-9-27-13)17(20(23)24)11-7-14(25-2)15(26-3)8-12(11)19(21)22/h4-8H,9H2,1-3H3,(H,23,24). The summed E-state index contributed by atoms with van der Waals surface area (Å²) < 4.78 is 22.6. The van der Waals surface area contributed by atoms with Crippen LogP contribution in [0.15, 0.2) is 35.1 Å². The molecule has 0 spiro atoms. The van der Waals surface area contributed by atoms with E-state index < -0.39 is 5.97 Å². The van der Waals surface area contributed by atoms with Crippen molar-refractivity contribution in [2.45, 2.75) is 0 Å². The van der Waals surface area contributed by atoms with Gasteiger partial charge in [-0.2, -0.15) is 0 Å². The zero-order valence-corrected chi connectivity index (χ0v) is 15.4. The van der Waals surface area contributed by atoms with Gasteiger partial charge in [-0.15, -0.1) is 0 Å². The lowest BCUT2D eigenvalue weighted by atomic mass is 9.98. The summed E-state index contributed by atoms with van der Waals surface area (Å²) in [5.41, 5.74) is 0.416. The lowest BCUT2D eigenvalue weighted by Crippen LogP contribution is -2.22. The van der Waals surface area contributed by atoms with Gasteiger partial charge in [0.2, 0.25) is 6.79 Å². The van der Waals surface area contributed by atoms with E-state index in [1.54, 1.807) is 18.2 Å². The number of rotatable bonds is 4. The highest BCUT2D eigenvalue weighted by Crippen LogP contribution is 2.39. The Kier molecular flexibility index (Phi) is 4.11. The third-order valence-corrected chi connectivity index (χ3v) is 4.76. The summed E-state index contributed by atoms with van der Waals surface area (Å²) in [5.74, 6) is 0.577. The molecule has 0 unspecified atom stereocenters. The average molecular weight is 383 g/mol. The molecule has 1 aliphatic rings. The number of hydrogen-bond acceptors (Lipinski definition) is 6. The van der Waals surface area contributed by atoms with Gasteiger partial charge in [0.15, 0.2) is 23.0 Å². The zero-order valence-electron chi connectivity index (χ0n) is 15.4. The molecule has 8 nitrogen and oxygen atoms in total. The molecule has 0 atom stereocenters. The monoisotopic (exact) mass is 383 g/mol. The summed E-state index contributed by atoms with van der Waals surface area (Å²) >= 11 is 0. The Morgan fingerprint density at radius 3 is 2.32 bits per heavy atom. The highest BCUT2D eigenvalue weighted by molar-refractivity contribution is 6.09. The van der Waals surface area contributed by atoms with Gasteiger partial charge in [0.25, 0.3) is 5.56 Å². The fourth-order valence-electron chi connectivity index (χ4n) is 3.44. The molecule has 0 fully saturated rings. The van der Waals surface area contributed by atoms with E-state index in [9.17, 15) is 14.7 Å². The van der Waals surface area contributed by atoms with E-state index in [0.717, 1.165) is 0 Å². The third-order valence-electron chi connectivity index (χ3n) is 4.76. The van der Waals surface area contributed by atoms with Crippen LogP contribution in [0.3, 0.4) is 0 Å². The van der Waals surface area contributed by atoms with Crippen molar-refractivity contribution in [1.29, 1.82) is 0 Å². The molecule has 8 heteroatoms. The van der Waals surface area contributed by atoms with Crippen LogP contribution < -0.4 is 24.5 Å². The lowest BCUT2D eigenvalue weighted by molar-refractivity contribution is 0.0699. The molecule has 0 saturated heterocycles. The molecule has 0 saturated carbocycles. The summed E-state index contributed by atoms with van der Waals surface area (Å²) in [7, 11) is 4.43. The second-order valence-corrected chi connectivity index (χ2v) is 6.21. The minimum atomic E-state index is -1.17. The van der Waals surface area contributed by atoms with E-state index in [-0.39, 0.29) is 34.4 Å². The Balaban J connectivity index is 2.12. The van der Waals surface area contributed by atoms with Crippen molar-refractivity contribution >= 4 is 16.7 Å². The van der Waals surface area contributed by atoms with Crippen molar-refractivity contribution in [2.75, 3.05) is 21.0 Å². The van der Waals surface area contributed by atoms with E-state index in [0.29, 0.717) is 28.6 Å². The maximum Gasteiger partial charge on any atom is 0.338 e. The average Bonchev–Trinajstić information content (AvgIpc) is 3.16. The van der Waals surface area contributed by atoms with Crippen LogP contribution in [-0.4, -0.2) is 36.7 Å². The predicted molar refractivity (Wildman–Crippen MR) is 101 cm³/mol. The van der Waals surface area contributed by atoms with Gasteiger partial charge in [-0.1, -0.05) is 0 Å². The summed E-state index contributed by atoms with van der Waals surface area (Å²) in [6, 6.07) is 8.05. The molecular weight excluding hydrogens is 366 g/mol. The molecule has 1 N–H and O–H groups in total. The molecule has 1 aromatic heterocycles. The smallest absolute Gasteiger partial charge is 0.338 e. The predicted octanol–water partition coefficient (Wildman–Crippen LogP) is 2.65. The van der Waals surface area contributed by atoms with E-state index in [2.05, 4.69) is 0 Å². The van der Waals surface area contributed by atoms with E-state index in [4.69, 9.17) is 18.9 Å². The van der Waals surface area contributed by atoms with Crippen LogP contribution in [0.4, 0.5) is 0 Å². The van der Waals surface area contributed by atoms with E-state index in [1.165, 1.54) is 38.0 Å². The highest BCUT2D eigenvalue weighted by atomic mass is 16.7. The molecular formula is C20H17NO7. The minimum absolute atomic E-state index is 0.0167. The first kappa shape index (κ1) is 17.7. The maximum absolute atomic E-state index is 13.0. The molecule has 28 heavy (non-hydrogen) atoms. The Hall–Kier alpha value is -3.68. The Morgan fingerprint density at radius 1 is 1.04 bits per heavy atom. The number of fused-ring (bicyclic) bond motifs is 2. The highest BCUT2D eigenvalue weighted by Gasteiger charge is 2.25. The van der Waals surface area contributed by atoms with Crippen LogP contribution in [0.25, 0.3) is 22.0 Å². The molecule has 0 amide bonds. The SMILES string of the molecule is COc1cc2c(C(=O)O)c(-c3ccc4c(c3)OCO4)n(C)c(=O)c2cc1OC. The number of carboxylic acids is 1. The van der Waals surface area contributed by atoms with Gasteiger partial charge in [0.1, 0.15) is 0 Å². The zero-order chi connectivity index (χ0) is 20.0. The summed E-state index contributed by atoms with van der Waals surface area (Å²) in [4.78, 5) is 25.2. The topological polar surface area (TPSA) is 96.2 Å². The molecule has 0 aliphatic carbocycles. The Morgan fingerprint density at radius 2 is 1.68 bits per heavy atom. The second-order valence-electron chi connectivity index (χ2n) is 6.21. The summed E-state index contributed by atoms with van der Waals surface area (Å²) in [6.07, 6.45) is 0. The van der Waals surface area contributed by atoms with Crippen LogP contribution in [0.5, 0.6) is 23.0 Å². The van der Waals surface area contributed by atoms with E-state index >= 15 is 0 Å². The molecule has 0 radical (unpaired) electrons. The number of methoxy groups -OCH3 is 2. The molecule has 3 aromatic rings. The summed E-state index contributed by atoms with van der Waals surface area (Å²) in [6.45, 7) is 0.0955. The number of nitrogens with zero attached hydrogens (tertiary/aromatic N) is 1. The van der Waals surface area contributed by atoms with E-state index in [1.807, 2.05) is 0 Å². The van der Waals surface area contributed by atoms with Crippen molar-refractivity contribution in [1.82, 2.24) is 4.57 Å². The molecule has 2 heterocycles. The fourth-order valence-corrected chi connectivity index (χ4v) is 3.44. The van der Waals surface area contributed by atoms with Crippen molar-refractivity contribution in [3.05, 3.63) is 46.2 Å². The quantitative estimate of drug-likeness (QED) is 0.740. The number of ether oxygens (including phenoxy) is 4. The number of carboxylic acid groups (broad SMARTS) is 1. The van der Waals surface area contributed by atoms with Crippen LogP contribution >= 0.6 is 0 Å². The first-order chi connectivity index (χ1) is 13.5. The van der Waals surface area contributed by atoms with Crippen LogP contribution in [0.2, 0.25) is 0 Å². The lowest BCUT2D eigenvalue weighted by Gasteiger charge is -2.17. The van der Waals surface area contributed by atoms with Crippen LogP contribution in [-0.2, 0) is 7.05 Å². The normalized spacial score (nSPS) is 12.2. The first-order valence-electron chi connectivity index (χ1n) is 8.38. The van der Waals surface area contributed by atoms with Crippen LogP contribution in [0.1, 0.15) is 10.4 Å².